The Bertz CT molecular complexity index is 699. The molecule has 108 valence electrons. The van der Waals surface area contributed by atoms with Gasteiger partial charge in [0.15, 0.2) is 0 Å². The Morgan fingerprint density at radius 3 is 2.80 bits per heavy atom. The predicted octanol–water partition coefficient (Wildman–Crippen LogP) is 1.56. The number of aromatic nitrogens is 1. The maximum atomic E-state index is 12.4. The molecule has 0 saturated heterocycles. The summed E-state index contributed by atoms with van der Waals surface area (Å²) in [6.45, 7) is 2.88. The van der Waals surface area contributed by atoms with Crippen LogP contribution < -0.4 is 10.5 Å². The Labute approximate surface area is 119 Å². The largest absolute Gasteiger partial charge is 0.330 e. The first-order valence-electron chi connectivity index (χ1n) is 6.60. The van der Waals surface area contributed by atoms with E-state index in [2.05, 4.69) is 9.71 Å². The van der Waals surface area contributed by atoms with Crippen molar-refractivity contribution in [3.8, 4) is 0 Å². The molecule has 5 nitrogen and oxygen atoms in total. The van der Waals surface area contributed by atoms with Crippen LogP contribution in [0.4, 0.5) is 0 Å². The van der Waals surface area contributed by atoms with Crippen molar-refractivity contribution in [2.45, 2.75) is 24.7 Å². The van der Waals surface area contributed by atoms with E-state index >= 15 is 0 Å². The molecule has 1 aromatic heterocycles. The molecule has 0 atom stereocenters. The van der Waals surface area contributed by atoms with Gasteiger partial charge in [-0.1, -0.05) is 6.07 Å². The molecule has 1 heterocycles. The molecule has 0 bridgehead atoms. The first-order chi connectivity index (χ1) is 9.56. The van der Waals surface area contributed by atoms with E-state index in [1.54, 1.807) is 30.5 Å². The highest BCUT2D eigenvalue weighted by Crippen LogP contribution is 2.23. The lowest BCUT2D eigenvalue weighted by atomic mass is 10.1. The van der Waals surface area contributed by atoms with Gasteiger partial charge in [0, 0.05) is 18.1 Å². The van der Waals surface area contributed by atoms with Crippen LogP contribution in [0.15, 0.2) is 35.4 Å². The summed E-state index contributed by atoms with van der Waals surface area (Å²) >= 11 is 0. The van der Waals surface area contributed by atoms with E-state index in [1.165, 1.54) is 0 Å². The SMILES string of the molecule is Cc1ccc(S(=O)(=O)NCCCCN)c2cccnc12. The molecule has 2 aromatic rings. The topological polar surface area (TPSA) is 85.1 Å². The predicted molar refractivity (Wildman–Crippen MR) is 80.0 cm³/mol. The van der Waals surface area contributed by atoms with Gasteiger partial charge in [0.25, 0.3) is 0 Å². The molecule has 0 aliphatic heterocycles. The van der Waals surface area contributed by atoms with E-state index < -0.39 is 10.0 Å². The first-order valence-corrected chi connectivity index (χ1v) is 8.08. The molecule has 6 heteroatoms. The highest BCUT2D eigenvalue weighted by Gasteiger charge is 2.17. The van der Waals surface area contributed by atoms with Crippen LogP contribution in [0.3, 0.4) is 0 Å². The Morgan fingerprint density at radius 1 is 1.25 bits per heavy atom. The Hall–Kier alpha value is -1.50. The van der Waals surface area contributed by atoms with Gasteiger partial charge in [0.1, 0.15) is 0 Å². The van der Waals surface area contributed by atoms with E-state index in [1.807, 2.05) is 6.92 Å². The van der Waals surface area contributed by atoms with Crippen LogP contribution in [0.25, 0.3) is 10.9 Å². The van der Waals surface area contributed by atoms with Crippen molar-refractivity contribution < 1.29 is 8.42 Å². The summed E-state index contributed by atoms with van der Waals surface area (Å²) in [5, 5.41) is 0.652. The zero-order chi connectivity index (χ0) is 14.6. The van der Waals surface area contributed by atoms with Gasteiger partial charge in [-0.15, -0.1) is 0 Å². The van der Waals surface area contributed by atoms with Gasteiger partial charge in [0.2, 0.25) is 10.0 Å². The summed E-state index contributed by atoms with van der Waals surface area (Å²) in [6, 6.07) is 6.94. The van der Waals surface area contributed by atoms with Crippen molar-refractivity contribution >= 4 is 20.9 Å². The van der Waals surface area contributed by atoms with Gasteiger partial charge in [-0.2, -0.15) is 0 Å². The fourth-order valence-electron chi connectivity index (χ4n) is 2.08. The highest BCUT2D eigenvalue weighted by atomic mass is 32.2. The zero-order valence-corrected chi connectivity index (χ0v) is 12.3. The fraction of sp³-hybridized carbons (Fsp3) is 0.357. The molecule has 0 saturated carbocycles. The van der Waals surface area contributed by atoms with Crippen molar-refractivity contribution in [1.29, 1.82) is 0 Å². The van der Waals surface area contributed by atoms with E-state index in [9.17, 15) is 8.42 Å². The average molecular weight is 293 g/mol. The number of unbranched alkanes of at least 4 members (excludes halogenated alkanes) is 1. The number of nitrogens with one attached hydrogen (secondary N) is 1. The number of pyridine rings is 1. The maximum absolute atomic E-state index is 12.4. The third kappa shape index (κ3) is 3.15. The maximum Gasteiger partial charge on any atom is 0.241 e. The molecular formula is C14H19N3O2S. The lowest BCUT2D eigenvalue weighted by Crippen LogP contribution is -2.25. The molecule has 0 spiro atoms. The molecule has 2 rings (SSSR count). The number of rotatable bonds is 6. The second-order valence-corrected chi connectivity index (χ2v) is 6.41. The van der Waals surface area contributed by atoms with Crippen molar-refractivity contribution in [2.24, 2.45) is 5.73 Å². The molecule has 0 fully saturated rings. The number of sulfonamides is 1. The van der Waals surface area contributed by atoms with Crippen molar-refractivity contribution in [1.82, 2.24) is 9.71 Å². The summed E-state index contributed by atoms with van der Waals surface area (Å²) in [6.07, 6.45) is 3.21. The fourth-order valence-corrected chi connectivity index (χ4v) is 3.35. The molecule has 3 N–H and O–H groups in total. The van der Waals surface area contributed by atoms with Crippen LogP contribution in [-0.4, -0.2) is 26.5 Å². The molecule has 0 amide bonds. The first kappa shape index (κ1) is 14.9. The van der Waals surface area contributed by atoms with Crippen LogP contribution in [0.1, 0.15) is 18.4 Å². The molecular weight excluding hydrogens is 274 g/mol. The average Bonchev–Trinajstić information content (AvgIpc) is 2.44. The minimum absolute atomic E-state index is 0.277. The van der Waals surface area contributed by atoms with Crippen LogP contribution >= 0.6 is 0 Å². The number of nitrogens with zero attached hydrogens (tertiary/aromatic N) is 1. The molecule has 20 heavy (non-hydrogen) atoms. The normalized spacial score (nSPS) is 11.9. The standard InChI is InChI=1S/C14H19N3O2S/c1-11-6-7-13(12-5-4-9-16-14(11)12)20(18,19)17-10-3-2-8-15/h4-7,9,17H,2-3,8,10,15H2,1H3. The van der Waals surface area contributed by atoms with Gasteiger partial charge >= 0.3 is 0 Å². The molecule has 0 aliphatic carbocycles. The molecule has 0 radical (unpaired) electrons. The second-order valence-electron chi connectivity index (χ2n) is 4.67. The van der Waals surface area contributed by atoms with Crippen molar-refractivity contribution in [3.05, 3.63) is 36.0 Å². The quantitative estimate of drug-likeness (QED) is 0.792. The van der Waals surface area contributed by atoms with E-state index in [0.29, 0.717) is 18.5 Å². The zero-order valence-electron chi connectivity index (χ0n) is 11.5. The number of nitrogens with two attached hydrogens (primary N) is 1. The van der Waals surface area contributed by atoms with Gasteiger partial charge in [0.05, 0.1) is 10.4 Å². The lowest BCUT2D eigenvalue weighted by Gasteiger charge is -2.10. The van der Waals surface area contributed by atoms with E-state index in [-0.39, 0.29) is 4.90 Å². The number of benzene rings is 1. The minimum Gasteiger partial charge on any atom is -0.330 e. The number of hydrogen-bond donors (Lipinski definition) is 2. The Kier molecular flexibility index (Phi) is 4.69. The van der Waals surface area contributed by atoms with Crippen molar-refractivity contribution in [3.63, 3.8) is 0 Å². The van der Waals surface area contributed by atoms with Gasteiger partial charge in [-0.3, -0.25) is 4.98 Å². The summed E-state index contributed by atoms with van der Waals surface area (Å²) in [5.74, 6) is 0. The summed E-state index contributed by atoms with van der Waals surface area (Å²) in [4.78, 5) is 4.53. The molecule has 1 aromatic carbocycles. The van der Waals surface area contributed by atoms with Crippen LogP contribution in [0, 0.1) is 6.92 Å². The second kappa shape index (κ2) is 6.30. The highest BCUT2D eigenvalue weighted by molar-refractivity contribution is 7.89. The van der Waals surface area contributed by atoms with E-state index in [0.717, 1.165) is 23.9 Å². The Balaban J connectivity index is 2.35. The van der Waals surface area contributed by atoms with Crippen LogP contribution in [0.2, 0.25) is 0 Å². The van der Waals surface area contributed by atoms with E-state index in [4.69, 9.17) is 5.73 Å². The number of aryl methyl sites for hydroxylation is 1. The smallest absolute Gasteiger partial charge is 0.241 e. The van der Waals surface area contributed by atoms with Crippen molar-refractivity contribution in [2.75, 3.05) is 13.1 Å². The number of hydrogen-bond acceptors (Lipinski definition) is 4. The molecule has 0 unspecified atom stereocenters. The van der Waals surface area contributed by atoms with Gasteiger partial charge < -0.3 is 5.73 Å². The van der Waals surface area contributed by atoms with Gasteiger partial charge in [-0.25, -0.2) is 13.1 Å². The lowest BCUT2D eigenvalue weighted by molar-refractivity contribution is 0.578. The summed E-state index contributed by atoms with van der Waals surface area (Å²) < 4.78 is 27.3. The monoisotopic (exact) mass is 293 g/mol. The van der Waals surface area contributed by atoms with Crippen LogP contribution in [0.5, 0.6) is 0 Å². The summed E-state index contributed by atoms with van der Waals surface area (Å²) in [7, 11) is -3.51. The number of fused-ring (bicyclic) bond motifs is 1. The van der Waals surface area contributed by atoms with Crippen LogP contribution in [-0.2, 0) is 10.0 Å². The van der Waals surface area contributed by atoms with Gasteiger partial charge in [-0.05, 0) is 50.1 Å². The third-order valence-corrected chi connectivity index (χ3v) is 4.66. The Morgan fingerprint density at radius 2 is 2.05 bits per heavy atom. The summed E-state index contributed by atoms with van der Waals surface area (Å²) in [5.41, 5.74) is 7.08. The third-order valence-electron chi connectivity index (χ3n) is 3.14. The minimum atomic E-state index is -3.51. The molecule has 0 aliphatic rings.